The average molecular weight is 216 g/mol. The summed E-state index contributed by atoms with van der Waals surface area (Å²) in [7, 11) is -4.59. The molecule has 6 heteroatoms. The van der Waals surface area contributed by atoms with Gasteiger partial charge in [-0.15, -0.1) is 6.58 Å². The van der Waals surface area contributed by atoms with Crippen molar-refractivity contribution in [2.24, 2.45) is 0 Å². The van der Waals surface area contributed by atoms with Gasteiger partial charge in [0.25, 0.3) is 0 Å². The summed E-state index contributed by atoms with van der Waals surface area (Å²) in [6.45, 7) is 5.33. The van der Waals surface area contributed by atoms with E-state index in [1.165, 1.54) is 6.08 Å². The van der Waals surface area contributed by atoms with Gasteiger partial charge in [-0.1, -0.05) is 25.8 Å². The first kappa shape index (κ1) is 16.1. The Morgan fingerprint density at radius 3 is 2.46 bits per heavy atom. The summed E-state index contributed by atoms with van der Waals surface area (Å²) in [5, 5.41) is 0. The van der Waals surface area contributed by atoms with Crippen molar-refractivity contribution in [3.05, 3.63) is 12.7 Å². The van der Waals surface area contributed by atoms with Gasteiger partial charge in [-0.2, -0.15) is 0 Å². The van der Waals surface area contributed by atoms with E-state index < -0.39 is 16.5 Å². The third-order valence-electron chi connectivity index (χ3n) is 1.35. The van der Waals surface area contributed by atoms with Gasteiger partial charge in [0.05, 0.1) is 6.10 Å². The molecule has 0 aliphatic carbocycles. The van der Waals surface area contributed by atoms with Crippen molar-refractivity contribution in [2.45, 2.75) is 32.3 Å². The molecular formula is C7H13NaO4S. The minimum atomic E-state index is -4.59. The van der Waals surface area contributed by atoms with E-state index in [2.05, 4.69) is 10.8 Å². The van der Waals surface area contributed by atoms with E-state index >= 15 is 0 Å². The third kappa shape index (κ3) is 10.5. The molecule has 0 aliphatic heterocycles. The minimum absolute atomic E-state index is 0. The molecule has 0 aliphatic rings. The molecular weight excluding hydrogens is 203 g/mol. The van der Waals surface area contributed by atoms with Gasteiger partial charge < -0.3 is 4.55 Å². The van der Waals surface area contributed by atoms with Crippen molar-refractivity contribution in [1.82, 2.24) is 0 Å². The Kier molecular flexibility index (Phi) is 9.83. The van der Waals surface area contributed by atoms with Crippen LogP contribution in [-0.4, -0.2) is 19.1 Å². The largest absolute Gasteiger partial charge is 1.00 e. The number of hydrogen-bond acceptors (Lipinski definition) is 4. The van der Waals surface area contributed by atoms with Crippen LogP contribution in [0.3, 0.4) is 0 Å². The smallest absolute Gasteiger partial charge is 0.726 e. The van der Waals surface area contributed by atoms with E-state index in [9.17, 15) is 13.0 Å². The molecule has 0 aromatic carbocycles. The molecule has 1 atom stereocenters. The maximum Gasteiger partial charge on any atom is 1.00 e. The predicted octanol–water partition coefficient (Wildman–Crippen LogP) is -1.79. The van der Waals surface area contributed by atoms with E-state index in [4.69, 9.17) is 0 Å². The average Bonchev–Trinajstić information content (AvgIpc) is 1.95. The molecule has 4 nitrogen and oxygen atoms in total. The minimum Gasteiger partial charge on any atom is -0.726 e. The Morgan fingerprint density at radius 2 is 2.15 bits per heavy atom. The Hall–Kier alpha value is 0.610. The Labute approximate surface area is 102 Å². The summed E-state index contributed by atoms with van der Waals surface area (Å²) < 4.78 is 34.6. The second-order valence-electron chi connectivity index (χ2n) is 2.42. The van der Waals surface area contributed by atoms with Crippen LogP contribution in [0.5, 0.6) is 0 Å². The second-order valence-corrected chi connectivity index (χ2v) is 3.43. The number of hydrogen-bond donors (Lipinski definition) is 0. The van der Waals surface area contributed by atoms with Crippen LogP contribution in [-0.2, 0) is 14.6 Å². The van der Waals surface area contributed by atoms with E-state index in [1.54, 1.807) is 0 Å². The molecule has 0 unspecified atom stereocenters. The van der Waals surface area contributed by atoms with Crippen molar-refractivity contribution in [2.75, 3.05) is 0 Å². The van der Waals surface area contributed by atoms with Crippen LogP contribution in [0.15, 0.2) is 12.7 Å². The van der Waals surface area contributed by atoms with Crippen LogP contribution < -0.4 is 29.6 Å². The molecule has 0 N–H and O–H groups in total. The molecule has 0 saturated heterocycles. The first-order valence-electron chi connectivity index (χ1n) is 3.76. The normalized spacial score (nSPS) is 13.1. The standard InChI is InChI=1S/C7H14O4S.Na/c1-3-5-6-7(4-2)11-12(8,9)10;/h4,7H,2-3,5-6H2,1H3,(H,8,9,10);/q;+1/p-1/t7-;/m0./s1. The van der Waals surface area contributed by atoms with Gasteiger partial charge in [-0.05, 0) is 6.42 Å². The molecule has 72 valence electrons. The summed E-state index contributed by atoms with van der Waals surface area (Å²) in [4.78, 5) is 0. The van der Waals surface area contributed by atoms with Crippen LogP contribution in [0.1, 0.15) is 26.2 Å². The van der Waals surface area contributed by atoms with Crippen LogP contribution in [0.2, 0.25) is 0 Å². The Bertz CT molecular complexity index is 225. The first-order chi connectivity index (χ1) is 5.49. The zero-order valence-electron chi connectivity index (χ0n) is 8.02. The molecule has 0 fully saturated rings. The second kappa shape index (κ2) is 7.96. The fourth-order valence-corrected chi connectivity index (χ4v) is 1.24. The molecule has 13 heavy (non-hydrogen) atoms. The van der Waals surface area contributed by atoms with Crippen LogP contribution in [0, 0.1) is 0 Å². The van der Waals surface area contributed by atoms with Crippen LogP contribution >= 0.6 is 0 Å². The molecule has 0 aromatic heterocycles. The van der Waals surface area contributed by atoms with E-state index in [-0.39, 0.29) is 29.6 Å². The molecule has 0 aromatic rings. The van der Waals surface area contributed by atoms with Gasteiger partial charge in [0.1, 0.15) is 0 Å². The fourth-order valence-electron chi connectivity index (χ4n) is 0.762. The van der Waals surface area contributed by atoms with Gasteiger partial charge in [-0.3, -0.25) is 4.18 Å². The monoisotopic (exact) mass is 216 g/mol. The quantitative estimate of drug-likeness (QED) is 0.228. The molecule has 0 amide bonds. The van der Waals surface area contributed by atoms with Crippen molar-refractivity contribution >= 4 is 10.4 Å². The maximum atomic E-state index is 10.1. The summed E-state index contributed by atoms with van der Waals surface area (Å²) in [6, 6.07) is 0. The summed E-state index contributed by atoms with van der Waals surface area (Å²) in [6.07, 6.45) is 2.90. The predicted molar refractivity (Wildman–Crippen MR) is 44.3 cm³/mol. The van der Waals surface area contributed by atoms with Crippen molar-refractivity contribution in [1.29, 1.82) is 0 Å². The van der Waals surface area contributed by atoms with E-state index in [0.29, 0.717) is 6.42 Å². The topological polar surface area (TPSA) is 66.4 Å². The molecule has 0 heterocycles. The Balaban J connectivity index is 0. The van der Waals surface area contributed by atoms with Crippen LogP contribution in [0.4, 0.5) is 0 Å². The summed E-state index contributed by atoms with van der Waals surface area (Å²) in [5.41, 5.74) is 0. The van der Waals surface area contributed by atoms with Gasteiger partial charge in [0.15, 0.2) is 0 Å². The molecule has 0 radical (unpaired) electrons. The maximum absolute atomic E-state index is 10.1. The number of rotatable bonds is 6. The first-order valence-corrected chi connectivity index (χ1v) is 5.09. The Morgan fingerprint density at radius 1 is 1.62 bits per heavy atom. The molecule has 0 bridgehead atoms. The fraction of sp³-hybridized carbons (Fsp3) is 0.714. The van der Waals surface area contributed by atoms with Crippen molar-refractivity contribution in [3.8, 4) is 0 Å². The van der Waals surface area contributed by atoms with Crippen molar-refractivity contribution in [3.63, 3.8) is 0 Å². The molecule has 0 rings (SSSR count). The van der Waals surface area contributed by atoms with Gasteiger partial charge >= 0.3 is 29.6 Å². The summed E-state index contributed by atoms with van der Waals surface area (Å²) in [5.74, 6) is 0. The SMILES string of the molecule is C=C[C@@H](CCCC)OS(=O)(=O)[O-].[Na+]. The zero-order valence-corrected chi connectivity index (χ0v) is 10.8. The van der Waals surface area contributed by atoms with Gasteiger partial charge in [0.2, 0.25) is 10.4 Å². The molecule has 0 spiro atoms. The van der Waals surface area contributed by atoms with Crippen molar-refractivity contribution < 1.29 is 46.7 Å². The zero-order chi connectivity index (χ0) is 9.61. The summed E-state index contributed by atoms with van der Waals surface area (Å²) >= 11 is 0. The van der Waals surface area contributed by atoms with Gasteiger partial charge in [-0.25, -0.2) is 8.42 Å². The number of unbranched alkanes of at least 4 members (excludes halogenated alkanes) is 1. The molecule has 0 saturated carbocycles. The van der Waals surface area contributed by atoms with E-state index in [1.807, 2.05) is 6.92 Å². The van der Waals surface area contributed by atoms with Gasteiger partial charge in [0, 0.05) is 0 Å². The van der Waals surface area contributed by atoms with Crippen LogP contribution in [0.25, 0.3) is 0 Å². The third-order valence-corrected chi connectivity index (χ3v) is 1.83. The van der Waals surface area contributed by atoms with E-state index in [0.717, 1.165) is 12.8 Å².